The number of ether oxygens (including phenoxy) is 1. The number of nitrogens with one attached hydrogen (secondary N) is 2. The van der Waals surface area contributed by atoms with Crippen LogP contribution in [0.4, 0.5) is 4.39 Å². The average molecular weight is 391 g/mol. The summed E-state index contributed by atoms with van der Waals surface area (Å²) in [5, 5.41) is 6.58. The molecular weight excluding hydrogens is 359 g/mol. The van der Waals surface area contributed by atoms with E-state index < -0.39 is 0 Å². The Morgan fingerprint density at radius 3 is 2.64 bits per heavy atom. The largest absolute Gasteiger partial charge is 0.467 e. The SMILES string of the molecule is CCNC(=NCC(c1ccc(F)cc1)N(C)C)NCCCOCc1ccco1. The van der Waals surface area contributed by atoms with Crippen molar-refractivity contribution >= 4 is 5.96 Å². The first-order chi connectivity index (χ1) is 13.6. The normalized spacial score (nSPS) is 13.0. The van der Waals surface area contributed by atoms with E-state index in [-0.39, 0.29) is 11.9 Å². The van der Waals surface area contributed by atoms with Gasteiger partial charge in [-0.3, -0.25) is 4.99 Å². The van der Waals surface area contributed by atoms with E-state index in [0.717, 1.165) is 36.8 Å². The summed E-state index contributed by atoms with van der Waals surface area (Å²) in [4.78, 5) is 6.78. The lowest BCUT2D eigenvalue weighted by atomic mass is 10.1. The first kappa shape index (κ1) is 21.9. The van der Waals surface area contributed by atoms with Gasteiger partial charge in [0, 0.05) is 19.7 Å². The van der Waals surface area contributed by atoms with E-state index in [0.29, 0.717) is 19.8 Å². The Bertz CT molecular complexity index is 687. The summed E-state index contributed by atoms with van der Waals surface area (Å²) in [7, 11) is 4.00. The first-order valence-corrected chi connectivity index (χ1v) is 9.64. The summed E-state index contributed by atoms with van der Waals surface area (Å²) in [5.41, 5.74) is 1.04. The molecule has 0 radical (unpaired) electrons. The smallest absolute Gasteiger partial charge is 0.191 e. The van der Waals surface area contributed by atoms with E-state index in [1.54, 1.807) is 6.26 Å². The maximum atomic E-state index is 13.2. The molecule has 0 aliphatic rings. The lowest BCUT2D eigenvalue weighted by Crippen LogP contribution is -2.38. The average Bonchev–Trinajstić information content (AvgIpc) is 3.19. The summed E-state index contributed by atoms with van der Waals surface area (Å²) >= 11 is 0. The van der Waals surface area contributed by atoms with E-state index >= 15 is 0 Å². The van der Waals surface area contributed by atoms with Gasteiger partial charge in [0.05, 0.1) is 18.8 Å². The molecule has 0 bridgehead atoms. The van der Waals surface area contributed by atoms with Crippen LogP contribution in [0.15, 0.2) is 52.1 Å². The molecular formula is C21H31FN4O2. The fourth-order valence-corrected chi connectivity index (χ4v) is 2.72. The molecule has 1 unspecified atom stereocenters. The molecule has 0 aliphatic carbocycles. The van der Waals surface area contributed by atoms with Crippen molar-refractivity contribution in [3.63, 3.8) is 0 Å². The highest BCUT2D eigenvalue weighted by atomic mass is 19.1. The highest BCUT2D eigenvalue weighted by molar-refractivity contribution is 5.79. The molecule has 0 saturated carbocycles. The van der Waals surface area contributed by atoms with Crippen LogP contribution < -0.4 is 10.6 Å². The minimum absolute atomic E-state index is 0.0766. The Morgan fingerprint density at radius 1 is 1.21 bits per heavy atom. The number of halogens is 1. The number of nitrogens with zero attached hydrogens (tertiary/aromatic N) is 2. The molecule has 1 atom stereocenters. The fourth-order valence-electron chi connectivity index (χ4n) is 2.72. The lowest BCUT2D eigenvalue weighted by Gasteiger charge is -2.23. The molecule has 7 heteroatoms. The molecule has 0 amide bonds. The van der Waals surface area contributed by atoms with Crippen molar-refractivity contribution in [2.45, 2.75) is 26.0 Å². The Kier molecular flexibility index (Phi) is 9.51. The highest BCUT2D eigenvalue weighted by Crippen LogP contribution is 2.18. The number of rotatable bonds is 11. The predicted octanol–water partition coefficient (Wildman–Crippen LogP) is 3.18. The van der Waals surface area contributed by atoms with Crippen LogP contribution in [0.25, 0.3) is 0 Å². The molecule has 154 valence electrons. The summed E-state index contributed by atoms with van der Waals surface area (Å²) in [6.07, 6.45) is 2.51. The molecule has 0 aliphatic heterocycles. The van der Waals surface area contributed by atoms with Gasteiger partial charge >= 0.3 is 0 Å². The lowest BCUT2D eigenvalue weighted by molar-refractivity contribution is 0.105. The van der Waals surface area contributed by atoms with Crippen LogP contribution in [0.2, 0.25) is 0 Å². The molecule has 0 saturated heterocycles. The van der Waals surface area contributed by atoms with E-state index in [1.165, 1.54) is 12.1 Å². The van der Waals surface area contributed by atoms with Crippen LogP contribution in [0.1, 0.15) is 30.7 Å². The standard InChI is InChI=1S/C21H31FN4O2/c1-4-23-21(24-12-6-13-27-16-19-7-5-14-28-19)25-15-20(26(2)3)17-8-10-18(22)11-9-17/h5,7-11,14,20H,4,6,12-13,15-16H2,1-3H3,(H2,23,24,25). The van der Waals surface area contributed by atoms with Crippen LogP contribution in [0.3, 0.4) is 0 Å². The molecule has 0 spiro atoms. The summed E-state index contributed by atoms with van der Waals surface area (Å²) in [6, 6.07) is 10.4. The summed E-state index contributed by atoms with van der Waals surface area (Å²) in [5.74, 6) is 1.37. The van der Waals surface area contributed by atoms with Crippen LogP contribution in [-0.4, -0.2) is 51.2 Å². The van der Waals surface area contributed by atoms with E-state index in [4.69, 9.17) is 14.1 Å². The number of hydrogen-bond donors (Lipinski definition) is 2. The van der Waals surface area contributed by atoms with Crippen molar-refractivity contribution < 1.29 is 13.5 Å². The summed E-state index contributed by atoms with van der Waals surface area (Å²) in [6.45, 7) is 5.28. The van der Waals surface area contributed by atoms with Crippen LogP contribution in [0.5, 0.6) is 0 Å². The van der Waals surface area contributed by atoms with Crippen molar-refractivity contribution in [2.24, 2.45) is 4.99 Å². The van der Waals surface area contributed by atoms with Gasteiger partial charge in [0.1, 0.15) is 18.2 Å². The number of likely N-dealkylation sites (N-methyl/N-ethyl adjacent to an activating group) is 1. The van der Waals surface area contributed by atoms with E-state index in [1.807, 2.05) is 45.3 Å². The molecule has 1 aromatic heterocycles. The monoisotopic (exact) mass is 390 g/mol. The van der Waals surface area contributed by atoms with Crippen LogP contribution in [-0.2, 0) is 11.3 Å². The molecule has 1 heterocycles. The quantitative estimate of drug-likeness (QED) is 0.351. The second-order valence-corrected chi connectivity index (χ2v) is 6.66. The molecule has 2 N–H and O–H groups in total. The zero-order valence-corrected chi connectivity index (χ0v) is 17.0. The van der Waals surface area contributed by atoms with Gasteiger partial charge in [0.25, 0.3) is 0 Å². The molecule has 2 rings (SSSR count). The highest BCUT2D eigenvalue weighted by Gasteiger charge is 2.14. The van der Waals surface area contributed by atoms with Gasteiger partial charge in [0.15, 0.2) is 5.96 Å². The third-order valence-electron chi connectivity index (χ3n) is 4.23. The molecule has 6 nitrogen and oxygen atoms in total. The molecule has 2 aromatic rings. The van der Waals surface area contributed by atoms with E-state index in [9.17, 15) is 4.39 Å². The van der Waals surface area contributed by atoms with Gasteiger partial charge in [0.2, 0.25) is 0 Å². The Hall–Kier alpha value is -2.38. The van der Waals surface area contributed by atoms with Gasteiger partial charge in [-0.25, -0.2) is 4.39 Å². The Labute approximate surface area is 166 Å². The topological polar surface area (TPSA) is 62.0 Å². The Balaban J connectivity index is 1.79. The maximum absolute atomic E-state index is 13.2. The number of benzene rings is 1. The maximum Gasteiger partial charge on any atom is 0.191 e. The molecule has 0 fully saturated rings. The minimum atomic E-state index is -0.228. The number of aliphatic imine (C=N–C) groups is 1. The number of hydrogen-bond acceptors (Lipinski definition) is 4. The number of guanidine groups is 1. The number of furan rings is 1. The minimum Gasteiger partial charge on any atom is -0.467 e. The third kappa shape index (κ3) is 7.70. The van der Waals surface area contributed by atoms with Crippen molar-refractivity contribution in [2.75, 3.05) is 40.3 Å². The van der Waals surface area contributed by atoms with Gasteiger partial charge in [-0.1, -0.05) is 12.1 Å². The van der Waals surface area contributed by atoms with Crippen molar-refractivity contribution in [3.05, 3.63) is 59.8 Å². The van der Waals surface area contributed by atoms with Gasteiger partial charge in [-0.05, 0) is 57.3 Å². The summed E-state index contributed by atoms with van der Waals surface area (Å²) < 4.78 is 24.0. The Morgan fingerprint density at radius 2 is 2.00 bits per heavy atom. The third-order valence-corrected chi connectivity index (χ3v) is 4.23. The van der Waals surface area contributed by atoms with Gasteiger partial charge < -0.3 is 24.7 Å². The van der Waals surface area contributed by atoms with Gasteiger partial charge in [-0.15, -0.1) is 0 Å². The second-order valence-electron chi connectivity index (χ2n) is 6.66. The zero-order valence-electron chi connectivity index (χ0n) is 17.0. The molecule has 1 aromatic carbocycles. The first-order valence-electron chi connectivity index (χ1n) is 9.64. The van der Waals surface area contributed by atoms with Crippen molar-refractivity contribution in [1.29, 1.82) is 0 Å². The zero-order chi connectivity index (χ0) is 20.2. The molecule has 28 heavy (non-hydrogen) atoms. The van der Waals surface area contributed by atoms with Crippen molar-refractivity contribution in [1.82, 2.24) is 15.5 Å². The van der Waals surface area contributed by atoms with Gasteiger partial charge in [-0.2, -0.15) is 0 Å². The fraction of sp³-hybridized carbons (Fsp3) is 0.476. The second kappa shape index (κ2) is 12.2. The van der Waals surface area contributed by atoms with Crippen LogP contribution >= 0.6 is 0 Å². The van der Waals surface area contributed by atoms with E-state index in [2.05, 4.69) is 15.5 Å². The predicted molar refractivity (Wildman–Crippen MR) is 110 cm³/mol. The van der Waals surface area contributed by atoms with Crippen LogP contribution in [0, 0.1) is 5.82 Å². The van der Waals surface area contributed by atoms with Crippen molar-refractivity contribution in [3.8, 4) is 0 Å².